The first-order chi connectivity index (χ1) is 18.5. The monoisotopic (exact) mass is 530 g/mol. The number of aldehydes is 1. The van der Waals surface area contributed by atoms with Crippen LogP contribution in [-0.4, -0.2) is 42.6 Å². The molecule has 0 aliphatic carbocycles. The molecule has 7 nitrogen and oxygen atoms in total. The Morgan fingerprint density at radius 3 is 2.37 bits per heavy atom. The lowest BCUT2D eigenvalue weighted by molar-refractivity contribution is 0.112. The van der Waals surface area contributed by atoms with Crippen molar-refractivity contribution in [1.29, 1.82) is 0 Å². The number of hydrogen-bond donors (Lipinski definition) is 1. The summed E-state index contributed by atoms with van der Waals surface area (Å²) in [6.45, 7) is 0. The molecule has 3 aromatic carbocycles. The number of aromatic nitrogens is 3. The Hall–Kier alpha value is -4.40. The van der Waals surface area contributed by atoms with Crippen LogP contribution in [0.25, 0.3) is 33.4 Å². The van der Waals surface area contributed by atoms with Gasteiger partial charge in [0.2, 0.25) is 0 Å². The molecular formula is C29H24ClFN4O3. The quantitative estimate of drug-likeness (QED) is 0.237. The summed E-state index contributed by atoms with van der Waals surface area (Å²) in [5.41, 5.74) is 4.25. The molecule has 0 spiro atoms. The number of carbonyl (C=O) groups excluding carboxylic acids is 1. The van der Waals surface area contributed by atoms with Crippen LogP contribution in [-0.2, 0) is 4.74 Å². The number of carbonyl (C=O) groups is 1. The van der Waals surface area contributed by atoms with Crippen LogP contribution in [0, 0.1) is 5.82 Å². The number of halogens is 2. The molecule has 38 heavy (non-hydrogen) atoms. The highest BCUT2D eigenvalue weighted by Gasteiger charge is 2.13. The minimum Gasteiger partial charge on any atom is -0.496 e. The van der Waals surface area contributed by atoms with E-state index in [-0.39, 0.29) is 5.02 Å². The first-order valence-electron chi connectivity index (χ1n) is 11.5. The van der Waals surface area contributed by atoms with Gasteiger partial charge >= 0.3 is 0 Å². The number of fused-ring (bicyclic) bond motifs is 1. The minimum absolute atomic E-state index is 0.00361. The molecular weight excluding hydrogens is 507 g/mol. The molecule has 0 bridgehead atoms. The molecule has 0 unspecified atom stereocenters. The fourth-order valence-corrected chi connectivity index (χ4v) is 3.91. The van der Waals surface area contributed by atoms with E-state index >= 15 is 0 Å². The molecule has 2 heterocycles. The van der Waals surface area contributed by atoms with E-state index in [1.165, 1.54) is 19.2 Å². The zero-order valence-electron chi connectivity index (χ0n) is 20.9. The molecule has 0 radical (unpaired) electrons. The third-order valence-corrected chi connectivity index (χ3v) is 5.78. The third kappa shape index (κ3) is 5.94. The van der Waals surface area contributed by atoms with Crippen molar-refractivity contribution >= 4 is 40.3 Å². The van der Waals surface area contributed by atoms with Crippen LogP contribution >= 0.6 is 11.6 Å². The van der Waals surface area contributed by atoms with Crippen molar-refractivity contribution in [2.45, 2.75) is 0 Å². The van der Waals surface area contributed by atoms with Crippen LogP contribution in [0.15, 0.2) is 79.1 Å². The smallest absolute Gasteiger partial charge is 0.163 e. The predicted molar refractivity (Wildman–Crippen MR) is 148 cm³/mol. The van der Waals surface area contributed by atoms with Gasteiger partial charge in [-0.05, 0) is 65.7 Å². The number of rotatable bonds is 6. The molecule has 0 atom stereocenters. The third-order valence-electron chi connectivity index (χ3n) is 5.49. The molecule has 2 aromatic heterocycles. The SMILES string of the molecule is COC.COc1cc(-c2ccc3nc(-c4cccnc4)nc(Nc4ccc(F)c(Cl)c4)c3c2)ccc1C=O. The van der Waals surface area contributed by atoms with Crippen molar-refractivity contribution in [3.05, 3.63) is 95.5 Å². The van der Waals surface area contributed by atoms with Crippen molar-refractivity contribution in [2.24, 2.45) is 0 Å². The van der Waals surface area contributed by atoms with Gasteiger partial charge < -0.3 is 14.8 Å². The maximum atomic E-state index is 13.7. The highest BCUT2D eigenvalue weighted by molar-refractivity contribution is 6.31. The van der Waals surface area contributed by atoms with E-state index in [4.69, 9.17) is 26.3 Å². The first-order valence-corrected chi connectivity index (χ1v) is 11.8. The highest BCUT2D eigenvalue weighted by atomic mass is 35.5. The van der Waals surface area contributed by atoms with Crippen LogP contribution in [0.2, 0.25) is 5.02 Å². The minimum atomic E-state index is -0.504. The number of hydrogen-bond acceptors (Lipinski definition) is 7. The average molecular weight is 531 g/mol. The highest BCUT2D eigenvalue weighted by Crippen LogP contribution is 2.33. The second kappa shape index (κ2) is 12.2. The van der Waals surface area contributed by atoms with E-state index in [0.717, 1.165) is 28.4 Å². The molecule has 5 aromatic rings. The molecule has 0 saturated heterocycles. The Bertz CT molecular complexity index is 1580. The number of anilines is 2. The van der Waals surface area contributed by atoms with Gasteiger partial charge in [0.15, 0.2) is 12.1 Å². The molecule has 5 rings (SSSR count). The summed E-state index contributed by atoms with van der Waals surface area (Å²) in [4.78, 5) is 24.9. The van der Waals surface area contributed by atoms with Crippen molar-refractivity contribution in [3.63, 3.8) is 0 Å². The number of ether oxygens (including phenoxy) is 2. The fourth-order valence-electron chi connectivity index (χ4n) is 3.73. The van der Waals surface area contributed by atoms with Crippen molar-refractivity contribution in [1.82, 2.24) is 15.0 Å². The van der Waals surface area contributed by atoms with Gasteiger partial charge in [0.1, 0.15) is 17.4 Å². The number of benzene rings is 3. The van der Waals surface area contributed by atoms with Gasteiger partial charge in [-0.3, -0.25) is 9.78 Å². The predicted octanol–water partition coefficient (Wildman–Crippen LogP) is 6.98. The Balaban J connectivity index is 0.00000107. The zero-order chi connectivity index (χ0) is 27.1. The van der Waals surface area contributed by atoms with Crippen LogP contribution in [0.5, 0.6) is 5.75 Å². The second-order valence-corrected chi connectivity index (χ2v) is 8.51. The molecule has 0 amide bonds. The van der Waals surface area contributed by atoms with Gasteiger partial charge in [0.05, 0.1) is 23.2 Å². The lowest BCUT2D eigenvalue weighted by Gasteiger charge is -2.13. The van der Waals surface area contributed by atoms with Crippen molar-refractivity contribution < 1.29 is 18.7 Å². The molecule has 0 fully saturated rings. The lowest BCUT2D eigenvalue weighted by Crippen LogP contribution is -2.00. The molecule has 9 heteroatoms. The zero-order valence-corrected chi connectivity index (χ0v) is 21.7. The number of nitrogens with zero attached hydrogens (tertiary/aromatic N) is 3. The summed E-state index contributed by atoms with van der Waals surface area (Å²) in [7, 11) is 4.77. The number of methoxy groups -OCH3 is 2. The van der Waals surface area contributed by atoms with Gasteiger partial charge in [0.25, 0.3) is 0 Å². The fraction of sp³-hybridized carbons (Fsp3) is 0.103. The van der Waals surface area contributed by atoms with Crippen LogP contribution in [0.1, 0.15) is 10.4 Å². The van der Waals surface area contributed by atoms with E-state index in [0.29, 0.717) is 34.2 Å². The van der Waals surface area contributed by atoms with Crippen LogP contribution < -0.4 is 10.1 Å². The Labute approximate surface area is 224 Å². The Kier molecular flexibility index (Phi) is 8.58. The van der Waals surface area contributed by atoms with E-state index in [9.17, 15) is 9.18 Å². The molecule has 192 valence electrons. The van der Waals surface area contributed by atoms with Gasteiger partial charge in [-0.15, -0.1) is 0 Å². The average Bonchev–Trinajstić information content (AvgIpc) is 2.95. The maximum absolute atomic E-state index is 13.7. The van der Waals surface area contributed by atoms with Gasteiger partial charge in [0, 0.05) is 43.3 Å². The molecule has 0 aliphatic rings. The molecule has 1 N–H and O–H groups in total. The van der Waals surface area contributed by atoms with Crippen LogP contribution in [0.3, 0.4) is 0 Å². The molecule has 0 aliphatic heterocycles. The number of nitrogens with one attached hydrogen (secondary N) is 1. The number of pyridine rings is 1. The summed E-state index contributed by atoms with van der Waals surface area (Å²) >= 11 is 5.99. The normalized spacial score (nSPS) is 10.4. The second-order valence-electron chi connectivity index (χ2n) is 8.11. The van der Waals surface area contributed by atoms with E-state index in [2.05, 4.69) is 15.0 Å². The van der Waals surface area contributed by atoms with E-state index in [1.54, 1.807) is 38.7 Å². The summed E-state index contributed by atoms with van der Waals surface area (Å²) in [5.74, 6) is 0.997. The largest absolute Gasteiger partial charge is 0.496 e. The van der Waals surface area contributed by atoms with Gasteiger partial charge in [-0.1, -0.05) is 23.7 Å². The van der Waals surface area contributed by atoms with Gasteiger partial charge in [-0.25, -0.2) is 14.4 Å². The standard InChI is InChI=1S/C27H18ClFN4O2.C2H6O/c1-35-25-12-17(4-5-19(25)15-34)16-6-9-24-21(11-16)27(31-20-7-8-23(29)22(28)13-20)33-26(32-24)18-3-2-10-30-14-18;1-3-2/h2-15H,1H3,(H,31,32,33);1-2H3. The van der Waals surface area contributed by atoms with Crippen molar-refractivity contribution in [2.75, 3.05) is 26.6 Å². The summed E-state index contributed by atoms with van der Waals surface area (Å²) in [6, 6.07) is 19.2. The Morgan fingerprint density at radius 2 is 1.68 bits per heavy atom. The van der Waals surface area contributed by atoms with Crippen molar-refractivity contribution in [3.8, 4) is 28.3 Å². The summed E-state index contributed by atoms with van der Waals surface area (Å²) < 4.78 is 23.3. The Morgan fingerprint density at radius 1 is 0.921 bits per heavy atom. The topological polar surface area (TPSA) is 86.2 Å². The summed E-state index contributed by atoms with van der Waals surface area (Å²) in [6.07, 6.45) is 4.13. The first kappa shape index (κ1) is 26.7. The van der Waals surface area contributed by atoms with Gasteiger partial charge in [-0.2, -0.15) is 0 Å². The molecule has 0 saturated carbocycles. The summed E-state index contributed by atoms with van der Waals surface area (Å²) in [5, 5.41) is 4.00. The lowest BCUT2D eigenvalue weighted by atomic mass is 10.0. The van der Waals surface area contributed by atoms with E-state index < -0.39 is 5.82 Å². The van der Waals surface area contributed by atoms with E-state index in [1.807, 2.05) is 42.5 Å². The van der Waals surface area contributed by atoms with Crippen LogP contribution in [0.4, 0.5) is 15.9 Å². The maximum Gasteiger partial charge on any atom is 0.163 e.